The molecule has 0 saturated heterocycles. The van der Waals surface area contributed by atoms with Gasteiger partial charge in [0.2, 0.25) is 11.8 Å². The quantitative estimate of drug-likeness (QED) is 0.429. The number of phenols is 1. The van der Waals surface area contributed by atoms with Crippen molar-refractivity contribution in [1.82, 2.24) is 15.5 Å². The fourth-order valence-corrected chi connectivity index (χ4v) is 4.46. The standard InChI is InChI=1S/C30H41N3O5/c1-19(2)25(32-29(37)38-30(4,5)6)28(36)33(23-13-10-14-23)26(22-15-16-24(34)20(3)17-22)27(35)31-18-21-11-8-7-9-12-21/h7-9,11-12,15-17,19,23,25-26,34H,10,13-14,18H2,1-6H3,(H,31,35)(H,32,37). The van der Waals surface area contributed by atoms with Gasteiger partial charge in [0.25, 0.3) is 0 Å². The number of alkyl carbamates (subject to hydrolysis) is 1. The van der Waals surface area contributed by atoms with Crippen molar-refractivity contribution in [1.29, 1.82) is 0 Å². The number of aromatic hydroxyl groups is 1. The monoisotopic (exact) mass is 523 g/mol. The van der Waals surface area contributed by atoms with Crippen molar-refractivity contribution in [3.05, 3.63) is 65.2 Å². The van der Waals surface area contributed by atoms with Crippen molar-refractivity contribution in [3.8, 4) is 5.75 Å². The molecule has 1 aliphatic carbocycles. The molecule has 0 heterocycles. The second kappa shape index (κ2) is 12.3. The Bertz CT molecular complexity index is 1120. The smallest absolute Gasteiger partial charge is 0.408 e. The molecule has 3 rings (SSSR count). The summed E-state index contributed by atoms with van der Waals surface area (Å²) in [4.78, 5) is 42.3. The van der Waals surface area contributed by atoms with Gasteiger partial charge in [0, 0.05) is 12.6 Å². The molecule has 2 unspecified atom stereocenters. The number of rotatable bonds is 9. The summed E-state index contributed by atoms with van der Waals surface area (Å²) in [7, 11) is 0. The van der Waals surface area contributed by atoms with Gasteiger partial charge in [-0.3, -0.25) is 9.59 Å². The van der Waals surface area contributed by atoms with Gasteiger partial charge in [-0.1, -0.05) is 50.2 Å². The van der Waals surface area contributed by atoms with Crippen LogP contribution in [0.3, 0.4) is 0 Å². The molecule has 1 fully saturated rings. The van der Waals surface area contributed by atoms with Gasteiger partial charge in [0.15, 0.2) is 0 Å². The van der Waals surface area contributed by atoms with Crippen LogP contribution in [0.4, 0.5) is 4.79 Å². The highest BCUT2D eigenvalue weighted by atomic mass is 16.6. The molecule has 206 valence electrons. The largest absolute Gasteiger partial charge is 0.508 e. The van der Waals surface area contributed by atoms with Crippen LogP contribution in [0.5, 0.6) is 5.75 Å². The van der Waals surface area contributed by atoms with E-state index < -0.39 is 23.8 Å². The van der Waals surface area contributed by atoms with Crippen molar-refractivity contribution >= 4 is 17.9 Å². The number of nitrogens with zero attached hydrogens (tertiary/aromatic N) is 1. The summed E-state index contributed by atoms with van der Waals surface area (Å²) in [5.74, 6) is -0.780. The number of aryl methyl sites for hydroxylation is 1. The van der Waals surface area contributed by atoms with Gasteiger partial charge in [-0.2, -0.15) is 0 Å². The van der Waals surface area contributed by atoms with Crippen molar-refractivity contribution < 1.29 is 24.2 Å². The van der Waals surface area contributed by atoms with Crippen LogP contribution < -0.4 is 10.6 Å². The molecule has 1 aliphatic rings. The van der Waals surface area contributed by atoms with Gasteiger partial charge in [-0.05, 0) is 81.7 Å². The van der Waals surface area contributed by atoms with E-state index in [2.05, 4.69) is 10.6 Å². The molecular weight excluding hydrogens is 482 g/mol. The van der Waals surface area contributed by atoms with E-state index in [1.54, 1.807) is 50.8 Å². The SMILES string of the molecule is Cc1cc(C(C(=O)NCc2ccccc2)N(C(=O)C(NC(=O)OC(C)(C)C)C(C)C)C2CCC2)ccc1O. The van der Waals surface area contributed by atoms with Crippen LogP contribution in [-0.4, -0.2) is 45.6 Å². The topological polar surface area (TPSA) is 108 Å². The molecule has 0 aromatic heterocycles. The number of carbonyl (C=O) groups is 3. The minimum Gasteiger partial charge on any atom is -0.508 e. The molecule has 8 heteroatoms. The minimum atomic E-state index is -0.933. The number of ether oxygens (including phenoxy) is 1. The molecule has 8 nitrogen and oxygen atoms in total. The lowest BCUT2D eigenvalue weighted by Gasteiger charge is -2.44. The van der Waals surface area contributed by atoms with E-state index in [0.29, 0.717) is 17.7 Å². The zero-order valence-electron chi connectivity index (χ0n) is 23.3. The first-order chi connectivity index (χ1) is 17.9. The van der Waals surface area contributed by atoms with Gasteiger partial charge in [-0.15, -0.1) is 0 Å². The third kappa shape index (κ3) is 7.49. The maximum atomic E-state index is 14.2. The van der Waals surface area contributed by atoms with E-state index in [9.17, 15) is 19.5 Å². The predicted octanol–water partition coefficient (Wildman–Crippen LogP) is 4.99. The van der Waals surface area contributed by atoms with Gasteiger partial charge >= 0.3 is 6.09 Å². The van der Waals surface area contributed by atoms with E-state index in [4.69, 9.17) is 4.74 Å². The van der Waals surface area contributed by atoms with Crippen molar-refractivity contribution in [2.24, 2.45) is 5.92 Å². The average Bonchev–Trinajstić information content (AvgIpc) is 2.80. The molecule has 38 heavy (non-hydrogen) atoms. The van der Waals surface area contributed by atoms with Crippen LogP contribution >= 0.6 is 0 Å². The summed E-state index contributed by atoms with van der Waals surface area (Å²) >= 11 is 0. The third-order valence-corrected chi connectivity index (χ3v) is 6.70. The number of hydrogen-bond acceptors (Lipinski definition) is 5. The van der Waals surface area contributed by atoms with Crippen molar-refractivity contribution in [2.45, 2.75) is 91.1 Å². The average molecular weight is 524 g/mol. The summed E-state index contributed by atoms with van der Waals surface area (Å²) in [5.41, 5.74) is 1.43. The molecule has 0 aliphatic heterocycles. The first kappa shape index (κ1) is 29.0. The molecule has 2 aromatic rings. The second-order valence-electron chi connectivity index (χ2n) is 11.4. The number of benzene rings is 2. The lowest BCUT2D eigenvalue weighted by molar-refractivity contribution is -0.148. The molecule has 0 bridgehead atoms. The first-order valence-corrected chi connectivity index (χ1v) is 13.3. The molecule has 1 saturated carbocycles. The lowest BCUT2D eigenvalue weighted by Crippen LogP contribution is -2.58. The van der Waals surface area contributed by atoms with Gasteiger partial charge in [0.1, 0.15) is 23.4 Å². The molecule has 0 spiro atoms. The Labute approximate surface area is 225 Å². The minimum absolute atomic E-state index is 0.116. The summed E-state index contributed by atoms with van der Waals surface area (Å²) in [6.07, 6.45) is 1.81. The summed E-state index contributed by atoms with van der Waals surface area (Å²) < 4.78 is 5.43. The Kier molecular flexibility index (Phi) is 9.41. The van der Waals surface area contributed by atoms with E-state index in [1.165, 1.54) is 0 Å². The number of carbonyl (C=O) groups excluding carboxylic acids is 3. The maximum Gasteiger partial charge on any atom is 0.408 e. The third-order valence-electron chi connectivity index (χ3n) is 6.70. The molecule has 3 N–H and O–H groups in total. The van der Waals surface area contributed by atoms with Crippen LogP contribution in [0.25, 0.3) is 0 Å². The van der Waals surface area contributed by atoms with E-state index in [1.807, 2.05) is 44.2 Å². The molecule has 2 atom stereocenters. The number of phenolic OH excluding ortho intramolecular Hbond substituents is 1. The van der Waals surface area contributed by atoms with Crippen molar-refractivity contribution in [3.63, 3.8) is 0 Å². The number of hydrogen-bond donors (Lipinski definition) is 3. The highest BCUT2D eigenvalue weighted by Crippen LogP contribution is 2.35. The summed E-state index contributed by atoms with van der Waals surface area (Å²) in [5, 5.41) is 15.9. The Hall–Kier alpha value is -3.55. The normalized spacial score (nSPS) is 15.2. The molecule has 0 radical (unpaired) electrons. The Balaban J connectivity index is 1.98. The molecule has 3 amide bonds. The van der Waals surface area contributed by atoms with Crippen LogP contribution in [0.2, 0.25) is 0 Å². The number of nitrogens with one attached hydrogen (secondary N) is 2. The van der Waals surface area contributed by atoms with Crippen molar-refractivity contribution in [2.75, 3.05) is 0 Å². The fraction of sp³-hybridized carbons (Fsp3) is 0.500. The van der Waals surface area contributed by atoms with Crippen LogP contribution in [0.1, 0.15) is 76.6 Å². The maximum absolute atomic E-state index is 14.2. The predicted molar refractivity (Wildman–Crippen MR) is 146 cm³/mol. The van der Waals surface area contributed by atoms with Gasteiger partial charge in [0.05, 0.1) is 0 Å². The Morgan fingerprint density at radius 3 is 2.26 bits per heavy atom. The zero-order chi connectivity index (χ0) is 28.0. The second-order valence-corrected chi connectivity index (χ2v) is 11.4. The van der Waals surface area contributed by atoms with Crippen LogP contribution in [0.15, 0.2) is 48.5 Å². The zero-order valence-corrected chi connectivity index (χ0v) is 23.3. The summed E-state index contributed by atoms with van der Waals surface area (Å²) in [6, 6.07) is 12.6. The van der Waals surface area contributed by atoms with Gasteiger partial charge in [-0.25, -0.2) is 4.79 Å². The van der Waals surface area contributed by atoms with E-state index in [0.717, 1.165) is 24.8 Å². The number of amides is 3. The molecule has 2 aromatic carbocycles. The highest BCUT2D eigenvalue weighted by Gasteiger charge is 2.42. The Morgan fingerprint density at radius 2 is 1.74 bits per heavy atom. The van der Waals surface area contributed by atoms with Crippen LogP contribution in [-0.2, 0) is 20.9 Å². The van der Waals surface area contributed by atoms with E-state index >= 15 is 0 Å². The van der Waals surface area contributed by atoms with Gasteiger partial charge < -0.3 is 25.4 Å². The lowest BCUT2D eigenvalue weighted by atomic mass is 9.87. The van der Waals surface area contributed by atoms with E-state index in [-0.39, 0.29) is 29.5 Å². The van der Waals surface area contributed by atoms with Crippen LogP contribution in [0, 0.1) is 12.8 Å². The summed E-state index contributed by atoms with van der Waals surface area (Å²) in [6.45, 7) is 11.1. The fourth-order valence-electron chi connectivity index (χ4n) is 4.46. The Morgan fingerprint density at radius 1 is 1.08 bits per heavy atom. The highest BCUT2D eigenvalue weighted by molar-refractivity contribution is 5.92. The molecular formula is C30H41N3O5. The first-order valence-electron chi connectivity index (χ1n) is 13.3.